The van der Waals surface area contributed by atoms with Crippen LogP contribution in [-0.4, -0.2) is 29.7 Å². The van der Waals surface area contributed by atoms with Gasteiger partial charge >= 0.3 is 0 Å². The van der Waals surface area contributed by atoms with Crippen LogP contribution in [0.25, 0.3) is 28.2 Å². The van der Waals surface area contributed by atoms with E-state index in [1.165, 1.54) is 7.11 Å². The van der Waals surface area contributed by atoms with Crippen LogP contribution >= 0.6 is 0 Å². The Kier molecular flexibility index (Phi) is 2.86. The SMILES string of the molecule is COc1cccc2c1[C@](O)(OC)n1c-2c2c3c(cc(C)cc31)C=CC2=O. The van der Waals surface area contributed by atoms with Gasteiger partial charge in [-0.05, 0) is 36.3 Å². The van der Waals surface area contributed by atoms with E-state index in [1.807, 2.05) is 37.3 Å². The molecule has 5 nitrogen and oxygen atoms in total. The second kappa shape index (κ2) is 4.84. The Bertz CT molecular complexity index is 1150. The molecule has 26 heavy (non-hydrogen) atoms. The first-order valence-corrected chi connectivity index (χ1v) is 8.38. The number of rotatable bonds is 2. The molecule has 0 saturated heterocycles. The largest absolute Gasteiger partial charge is 0.496 e. The molecule has 0 saturated carbocycles. The Morgan fingerprint density at radius 3 is 2.69 bits per heavy atom. The van der Waals surface area contributed by atoms with E-state index < -0.39 is 5.91 Å². The second-order valence-corrected chi connectivity index (χ2v) is 6.70. The minimum atomic E-state index is -1.75. The number of hydrogen-bond acceptors (Lipinski definition) is 4. The first-order chi connectivity index (χ1) is 12.5. The Morgan fingerprint density at radius 1 is 1.15 bits per heavy atom. The van der Waals surface area contributed by atoms with Crippen LogP contribution in [0.3, 0.4) is 0 Å². The molecule has 2 aromatic carbocycles. The first kappa shape index (κ1) is 15.4. The van der Waals surface area contributed by atoms with Gasteiger partial charge in [0, 0.05) is 18.1 Å². The molecule has 1 aliphatic carbocycles. The van der Waals surface area contributed by atoms with Crippen LogP contribution in [0.1, 0.15) is 27.0 Å². The molecule has 1 aromatic heterocycles. The summed E-state index contributed by atoms with van der Waals surface area (Å²) < 4.78 is 12.8. The molecule has 2 heterocycles. The van der Waals surface area contributed by atoms with Crippen LogP contribution in [0.5, 0.6) is 5.75 Å². The van der Waals surface area contributed by atoms with Crippen LogP contribution in [0.4, 0.5) is 0 Å². The quantitative estimate of drug-likeness (QED) is 0.722. The summed E-state index contributed by atoms with van der Waals surface area (Å²) in [5, 5.41) is 12.4. The number of nitrogens with zero attached hydrogens (tertiary/aromatic N) is 1. The summed E-state index contributed by atoms with van der Waals surface area (Å²) in [6, 6.07) is 9.53. The molecule has 5 rings (SSSR count). The predicted octanol–water partition coefficient (Wildman–Crippen LogP) is 3.45. The lowest BCUT2D eigenvalue weighted by Gasteiger charge is -2.27. The predicted molar refractivity (Wildman–Crippen MR) is 98.3 cm³/mol. The number of aliphatic hydroxyl groups is 1. The van der Waals surface area contributed by atoms with Gasteiger partial charge in [-0.3, -0.25) is 9.36 Å². The number of allylic oxidation sites excluding steroid dienone is 1. The van der Waals surface area contributed by atoms with Crippen molar-refractivity contribution < 1.29 is 19.4 Å². The third kappa shape index (κ3) is 1.60. The second-order valence-electron chi connectivity index (χ2n) is 6.70. The number of hydrogen-bond donors (Lipinski definition) is 1. The standard InChI is InChI=1S/C21H17NO4/c1-11-9-12-7-8-15(23)18-17(12)14(10-11)22-20(18)13-5-4-6-16(25-2)19(13)21(22,24)26-3/h4-10,24H,1-3H3/t21-/m0/s1. The normalized spacial score (nSPS) is 19.8. The smallest absolute Gasteiger partial charge is 0.286 e. The van der Waals surface area contributed by atoms with Gasteiger partial charge in [0.1, 0.15) is 5.75 Å². The highest BCUT2D eigenvalue weighted by Gasteiger charge is 2.48. The molecule has 130 valence electrons. The maximum atomic E-state index is 12.8. The van der Waals surface area contributed by atoms with Gasteiger partial charge in [0.05, 0.1) is 29.4 Å². The van der Waals surface area contributed by atoms with Gasteiger partial charge in [0.2, 0.25) is 0 Å². The van der Waals surface area contributed by atoms with Crippen molar-refractivity contribution in [3.05, 3.63) is 58.7 Å². The van der Waals surface area contributed by atoms with E-state index in [2.05, 4.69) is 0 Å². The van der Waals surface area contributed by atoms with Gasteiger partial charge in [-0.1, -0.05) is 24.3 Å². The van der Waals surface area contributed by atoms with Crippen molar-refractivity contribution in [3.63, 3.8) is 0 Å². The van der Waals surface area contributed by atoms with Gasteiger partial charge in [-0.25, -0.2) is 0 Å². The Hall–Kier alpha value is -2.89. The van der Waals surface area contributed by atoms with Gasteiger partial charge < -0.3 is 14.6 Å². The fourth-order valence-electron chi connectivity index (χ4n) is 4.32. The molecule has 0 unspecified atom stereocenters. The van der Waals surface area contributed by atoms with E-state index in [4.69, 9.17) is 9.47 Å². The third-order valence-electron chi connectivity index (χ3n) is 5.32. The maximum Gasteiger partial charge on any atom is 0.286 e. The summed E-state index contributed by atoms with van der Waals surface area (Å²) in [6.07, 6.45) is 3.42. The summed E-state index contributed by atoms with van der Waals surface area (Å²) in [4.78, 5) is 12.8. The number of aromatic nitrogens is 1. The Morgan fingerprint density at radius 2 is 1.96 bits per heavy atom. The average Bonchev–Trinajstić information content (AvgIpc) is 3.12. The zero-order valence-corrected chi connectivity index (χ0v) is 14.7. The van der Waals surface area contributed by atoms with E-state index in [-0.39, 0.29) is 5.78 Å². The van der Waals surface area contributed by atoms with E-state index in [1.54, 1.807) is 23.8 Å². The van der Waals surface area contributed by atoms with Crippen molar-refractivity contribution in [2.45, 2.75) is 12.8 Å². The van der Waals surface area contributed by atoms with E-state index >= 15 is 0 Å². The topological polar surface area (TPSA) is 60.7 Å². The fraction of sp³-hybridized carbons (Fsp3) is 0.190. The molecule has 2 aliphatic rings. The summed E-state index contributed by atoms with van der Waals surface area (Å²) in [6.45, 7) is 1.99. The molecular weight excluding hydrogens is 330 g/mol. The zero-order valence-electron chi connectivity index (χ0n) is 14.7. The van der Waals surface area contributed by atoms with Crippen molar-refractivity contribution >= 4 is 22.8 Å². The van der Waals surface area contributed by atoms with Gasteiger partial charge in [-0.2, -0.15) is 0 Å². The summed E-state index contributed by atoms with van der Waals surface area (Å²) in [7, 11) is 3.00. The molecule has 0 spiro atoms. The molecule has 0 amide bonds. The highest BCUT2D eigenvalue weighted by molar-refractivity contribution is 6.24. The highest BCUT2D eigenvalue weighted by atomic mass is 16.6. The zero-order chi connectivity index (χ0) is 18.2. The highest BCUT2D eigenvalue weighted by Crippen LogP contribution is 2.53. The molecule has 1 aliphatic heterocycles. The number of carbonyl (C=O) groups excluding carboxylic acids is 1. The Balaban J connectivity index is 2.04. The molecule has 0 bridgehead atoms. The van der Waals surface area contributed by atoms with Crippen molar-refractivity contribution in [2.24, 2.45) is 0 Å². The molecule has 3 aromatic rings. The number of fused-ring (bicyclic) bond motifs is 5. The molecule has 1 N–H and O–H groups in total. The lowest BCUT2D eigenvalue weighted by molar-refractivity contribution is -0.208. The number of benzene rings is 2. The molecule has 1 atom stereocenters. The first-order valence-electron chi connectivity index (χ1n) is 8.38. The van der Waals surface area contributed by atoms with Crippen molar-refractivity contribution in [1.29, 1.82) is 0 Å². The maximum absolute atomic E-state index is 12.8. The molecular formula is C21H17NO4. The van der Waals surface area contributed by atoms with Crippen LogP contribution in [0, 0.1) is 6.92 Å². The lowest BCUT2D eigenvalue weighted by Crippen LogP contribution is -2.34. The van der Waals surface area contributed by atoms with Crippen molar-refractivity contribution in [3.8, 4) is 17.0 Å². The van der Waals surface area contributed by atoms with E-state index in [9.17, 15) is 9.90 Å². The molecule has 0 radical (unpaired) electrons. The van der Waals surface area contributed by atoms with Gasteiger partial charge in [-0.15, -0.1) is 0 Å². The summed E-state index contributed by atoms with van der Waals surface area (Å²) in [5.74, 6) is -1.31. The summed E-state index contributed by atoms with van der Waals surface area (Å²) >= 11 is 0. The van der Waals surface area contributed by atoms with Gasteiger partial charge in [0.15, 0.2) is 5.78 Å². The van der Waals surface area contributed by atoms with Crippen LogP contribution < -0.4 is 4.74 Å². The van der Waals surface area contributed by atoms with Crippen LogP contribution in [0.15, 0.2) is 36.4 Å². The molecule has 0 fully saturated rings. The number of ether oxygens (including phenoxy) is 2. The van der Waals surface area contributed by atoms with Crippen molar-refractivity contribution in [1.82, 2.24) is 4.57 Å². The van der Waals surface area contributed by atoms with Crippen molar-refractivity contribution in [2.75, 3.05) is 14.2 Å². The monoisotopic (exact) mass is 347 g/mol. The van der Waals surface area contributed by atoms with Crippen LogP contribution in [-0.2, 0) is 10.6 Å². The summed E-state index contributed by atoms with van der Waals surface area (Å²) in [5.41, 5.74) is 5.31. The third-order valence-corrected chi connectivity index (χ3v) is 5.32. The number of ketones is 1. The minimum absolute atomic E-state index is 0.0748. The Labute approximate surface area is 150 Å². The minimum Gasteiger partial charge on any atom is -0.496 e. The fourth-order valence-corrected chi connectivity index (χ4v) is 4.32. The number of aryl methyl sites for hydroxylation is 1. The van der Waals surface area contributed by atoms with E-state index in [0.717, 1.165) is 27.6 Å². The lowest BCUT2D eigenvalue weighted by atomic mass is 9.92. The number of carbonyl (C=O) groups is 1. The van der Waals surface area contributed by atoms with E-state index in [0.29, 0.717) is 22.6 Å². The van der Waals surface area contributed by atoms with Crippen LogP contribution in [0.2, 0.25) is 0 Å². The average molecular weight is 347 g/mol. The number of methoxy groups -OCH3 is 2. The van der Waals surface area contributed by atoms with Gasteiger partial charge in [0.25, 0.3) is 5.91 Å². The molecule has 5 heteroatoms.